The molecule has 3 aromatic rings. The van der Waals surface area contributed by atoms with Gasteiger partial charge in [-0.1, -0.05) is 132 Å². The van der Waals surface area contributed by atoms with Crippen molar-refractivity contribution in [2.75, 3.05) is 38.9 Å². The molecule has 0 aliphatic carbocycles. The average molecular weight is 1040 g/mol. The number of aliphatic hydroxyl groups is 1. The minimum absolute atomic E-state index is 0.0407. The van der Waals surface area contributed by atoms with E-state index in [0.717, 1.165) is 5.56 Å². The molecule has 2 aliphatic rings. The van der Waals surface area contributed by atoms with Crippen molar-refractivity contribution in [3.63, 3.8) is 0 Å². The van der Waals surface area contributed by atoms with Gasteiger partial charge < -0.3 is 57.8 Å². The maximum atomic E-state index is 14.0. The quantitative estimate of drug-likeness (QED) is 0.0161. The normalized spacial score (nSPS) is 24.6. The number of alkyl halides is 4. The lowest BCUT2D eigenvalue weighted by atomic mass is 9.95. The molecule has 376 valence electrons. The number of hydrogen-bond acceptors (Lipinski definition) is 16. The second kappa shape index (κ2) is 29.0. The van der Waals surface area contributed by atoms with E-state index >= 15 is 0 Å². The number of alkyl carbamates (subject to hydrolysis) is 1. The molecule has 19 nitrogen and oxygen atoms in total. The highest BCUT2D eigenvalue weighted by atomic mass is 35.6. The summed E-state index contributed by atoms with van der Waals surface area (Å²) in [5.41, 5.74) is 11.5. The molecule has 23 heteroatoms. The summed E-state index contributed by atoms with van der Waals surface area (Å²) in [5.74, 6) is -2.74. The van der Waals surface area contributed by atoms with Crippen molar-refractivity contribution in [1.29, 1.82) is 0 Å². The number of carbonyl (C=O) groups excluding carboxylic acids is 4. The van der Waals surface area contributed by atoms with Crippen molar-refractivity contribution in [3.05, 3.63) is 118 Å². The van der Waals surface area contributed by atoms with Crippen LogP contribution in [0, 0.1) is 0 Å². The van der Waals surface area contributed by atoms with E-state index in [0.29, 0.717) is 37.8 Å². The van der Waals surface area contributed by atoms with Crippen molar-refractivity contribution in [2.45, 2.75) is 111 Å². The van der Waals surface area contributed by atoms with E-state index in [9.17, 15) is 29.8 Å². The minimum Gasteiger partial charge on any atom is -0.463 e. The summed E-state index contributed by atoms with van der Waals surface area (Å²) in [4.78, 5) is 53.5. The van der Waals surface area contributed by atoms with E-state index in [4.69, 9.17) is 93.8 Å². The largest absolute Gasteiger partial charge is 0.463 e. The van der Waals surface area contributed by atoms with Gasteiger partial charge >= 0.3 is 24.0 Å². The molecule has 3 aromatic carbocycles. The zero-order valence-corrected chi connectivity index (χ0v) is 40.5. The van der Waals surface area contributed by atoms with Gasteiger partial charge in [0.15, 0.2) is 18.7 Å². The number of azide groups is 1. The standard InChI is InChI=1S/C46H54Cl4N4O15/c1-29(55)61-26-33-37(57)39(63-24-30-15-7-4-8-16-30)36(53-54-51)43(66-33)69-38-34(27-62-35(56)23-47)67-44(60-22-14-3-2-13-21-52-45(59)65-28-46(48,49)50)41(68-42(58)32-19-11-6-12-20-32)40(38)64-25-31-17-9-5-10-18-31/h4-12,15-20,33-34,36-41,43-44,57H,2-3,13-14,21-28H2,1H3,(H,52,59). The highest BCUT2D eigenvalue weighted by molar-refractivity contribution is 6.67. The summed E-state index contributed by atoms with van der Waals surface area (Å²) < 4.78 is 58.8. The number of halogens is 4. The van der Waals surface area contributed by atoms with Crippen molar-refractivity contribution in [2.24, 2.45) is 5.11 Å². The third-order valence-electron chi connectivity index (χ3n) is 10.5. The van der Waals surface area contributed by atoms with Crippen LogP contribution in [-0.2, 0) is 70.2 Å². The number of unbranched alkanes of at least 4 members (excludes halogenated alkanes) is 3. The van der Waals surface area contributed by atoms with Crippen LogP contribution in [0.1, 0.15) is 54.1 Å². The van der Waals surface area contributed by atoms with Crippen LogP contribution in [0.15, 0.2) is 96.1 Å². The molecule has 5 rings (SSSR count). The Bertz CT molecular complexity index is 2090. The topological polar surface area (TPSA) is 242 Å². The third-order valence-corrected chi connectivity index (χ3v) is 11.0. The van der Waals surface area contributed by atoms with Gasteiger partial charge in [0.05, 0.1) is 24.9 Å². The number of esters is 3. The zero-order chi connectivity index (χ0) is 49.6. The lowest BCUT2D eigenvalue weighted by Crippen LogP contribution is -2.66. The molecule has 0 saturated carbocycles. The molecular weight excluding hydrogens is 990 g/mol. The van der Waals surface area contributed by atoms with Gasteiger partial charge in [-0.15, -0.1) is 11.6 Å². The first kappa shape index (κ1) is 55.5. The molecule has 2 heterocycles. The molecule has 0 aromatic heterocycles. The maximum Gasteiger partial charge on any atom is 0.407 e. The summed E-state index contributed by atoms with van der Waals surface area (Å²) in [6, 6.07) is 24.8. The number of hydrogen-bond donors (Lipinski definition) is 2. The summed E-state index contributed by atoms with van der Waals surface area (Å²) >= 11 is 22.8. The van der Waals surface area contributed by atoms with Gasteiger partial charge in [0.1, 0.15) is 62.3 Å². The smallest absolute Gasteiger partial charge is 0.407 e. The van der Waals surface area contributed by atoms with Crippen LogP contribution in [-0.4, -0.2) is 133 Å². The molecule has 69 heavy (non-hydrogen) atoms. The lowest BCUT2D eigenvalue weighted by Gasteiger charge is -2.48. The van der Waals surface area contributed by atoms with E-state index in [2.05, 4.69) is 15.3 Å². The van der Waals surface area contributed by atoms with Crippen LogP contribution in [0.5, 0.6) is 0 Å². The number of nitrogens with one attached hydrogen (secondary N) is 1. The Morgan fingerprint density at radius 3 is 1.94 bits per heavy atom. The molecule has 0 spiro atoms. The number of ether oxygens (including phenoxy) is 10. The summed E-state index contributed by atoms with van der Waals surface area (Å²) in [7, 11) is 0. The van der Waals surface area contributed by atoms with E-state index < -0.39 is 115 Å². The van der Waals surface area contributed by atoms with Gasteiger partial charge in [0, 0.05) is 25.0 Å². The van der Waals surface area contributed by atoms with Crippen LogP contribution < -0.4 is 5.32 Å². The predicted molar refractivity (Wildman–Crippen MR) is 249 cm³/mol. The first-order valence-corrected chi connectivity index (χ1v) is 23.6. The Labute approximate surface area is 418 Å². The second-order valence-corrected chi connectivity index (χ2v) is 18.4. The van der Waals surface area contributed by atoms with Gasteiger partial charge in [-0.2, -0.15) is 0 Å². The van der Waals surface area contributed by atoms with Crippen molar-refractivity contribution in [1.82, 2.24) is 5.32 Å². The first-order valence-electron chi connectivity index (χ1n) is 22.0. The van der Waals surface area contributed by atoms with Crippen LogP contribution in [0.2, 0.25) is 0 Å². The molecule has 2 N–H and O–H groups in total. The third kappa shape index (κ3) is 18.7. The number of rotatable bonds is 25. The Morgan fingerprint density at radius 2 is 1.33 bits per heavy atom. The lowest BCUT2D eigenvalue weighted by molar-refractivity contribution is -0.352. The fourth-order valence-electron chi connectivity index (χ4n) is 7.19. The van der Waals surface area contributed by atoms with Crippen molar-refractivity contribution < 1.29 is 71.7 Å². The Kier molecular flexibility index (Phi) is 23.3. The molecule has 0 bridgehead atoms. The molecule has 10 unspecified atom stereocenters. The highest BCUT2D eigenvalue weighted by Crippen LogP contribution is 2.36. The number of nitrogens with zero attached hydrogens (tertiary/aromatic N) is 3. The first-order chi connectivity index (χ1) is 33.3. The van der Waals surface area contributed by atoms with Gasteiger partial charge in [0.25, 0.3) is 0 Å². The van der Waals surface area contributed by atoms with Crippen molar-refractivity contribution in [3.8, 4) is 0 Å². The molecule has 1 amide bonds. The molecule has 10 atom stereocenters. The fourth-order valence-corrected chi connectivity index (χ4v) is 7.43. The summed E-state index contributed by atoms with van der Waals surface area (Å²) in [6.45, 7) is 0.0826. The summed E-state index contributed by atoms with van der Waals surface area (Å²) in [6.07, 6.45) is -10.8. The van der Waals surface area contributed by atoms with Gasteiger partial charge in [-0.05, 0) is 41.6 Å². The van der Waals surface area contributed by atoms with Gasteiger partial charge in [-0.3, -0.25) is 9.59 Å². The maximum absolute atomic E-state index is 14.0. The molecule has 0 radical (unpaired) electrons. The molecule has 2 saturated heterocycles. The number of amides is 1. The second-order valence-electron chi connectivity index (χ2n) is 15.7. The number of aliphatic hydroxyl groups excluding tert-OH is 1. The van der Waals surface area contributed by atoms with Gasteiger partial charge in [-0.25, -0.2) is 9.59 Å². The van der Waals surface area contributed by atoms with Crippen LogP contribution in [0.25, 0.3) is 10.4 Å². The van der Waals surface area contributed by atoms with E-state index in [1.54, 1.807) is 54.6 Å². The van der Waals surface area contributed by atoms with E-state index in [1.807, 2.05) is 36.4 Å². The minimum atomic E-state index is -1.74. The fraction of sp³-hybridized carbons (Fsp3) is 0.522. The Morgan fingerprint density at radius 1 is 0.739 bits per heavy atom. The predicted octanol–water partition coefficient (Wildman–Crippen LogP) is 7.28. The Balaban J connectivity index is 1.46. The van der Waals surface area contributed by atoms with Crippen molar-refractivity contribution >= 4 is 70.4 Å². The van der Waals surface area contributed by atoms with Gasteiger partial charge in [0.2, 0.25) is 3.79 Å². The van der Waals surface area contributed by atoms with Crippen LogP contribution in [0.3, 0.4) is 0 Å². The zero-order valence-electron chi connectivity index (χ0n) is 37.4. The van der Waals surface area contributed by atoms with Crippen LogP contribution in [0.4, 0.5) is 4.79 Å². The monoisotopic (exact) mass is 1040 g/mol. The molecular formula is C46H54Cl4N4O15. The van der Waals surface area contributed by atoms with E-state index in [-0.39, 0.29) is 25.4 Å². The molecule has 2 aliphatic heterocycles. The SMILES string of the molecule is CC(=O)OCC1OC(OC2C(COC(=O)CCl)OC(OCCCCCCNC(=O)OCC(Cl)(Cl)Cl)C(OC(=O)c3ccccc3)C2OCc2ccccc2)C(N=[N+]=[N-])C(OCc2ccccc2)C1O. The average Bonchev–Trinajstić information content (AvgIpc) is 3.34. The highest BCUT2D eigenvalue weighted by Gasteiger charge is 2.55. The number of carbonyl (C=O) groups is 4. The van der Waals surface area contributed by atoms with Crippen LogP contribution >= 0.6 is 46.4 Å². The Hall–Kier alpha value is -4.47. The summed E-state index contributed by atoms with van der Waals surface area (Å²) in [5, 5.41) is 18.2. The van der Waals surface area contributed by atoms with E-state index in [1.165, 1.54) is 6.92 Å². The molecule has 2 fully saturated rings. The number of benzene rings is 3.